The molecule has 0 bridgehead atoms. The predicted octanol–water partition coefficient (Wildman–Crippen LogP) is -0.962. The zero-order chi connectivity index (χ0) is 15.3. The fourth-order valence-electron chi connectivity index (χ4n) is 2.19. The van der Waals surface area contributed by atoms with E-state index in [1.807, 2.05) is 13.8 Å². The zero-order valence-electron chi connectivity index (χ0n) is 11.8. The minimum Gasteiger partial charge on any atom is -0.368 e. The molecule has 1 aliphatic rings. The van der Waals surface area contributed by atoms with Crippen molar-refractivity contribution in [2.24, 2.45) is 11.7 Å². The Bertz CT molecular complexity index is 389. The summed E-state index contributed by atoms with van der Waals surface area (Å²) in [6.07, 6.45) is 1.51. The first-order valence-corrected chi connectivity index (χ1v) is 7.09. The highest BCUT2D eigenvalue weighted by Gasteiger charge is 2.33. The molecule has 1 aliphatic heterocycles. The molecule has 0 saturated carbocycles. The second kappa shape index (κ2) is 7.61. The van der Waals surface area contributed by atoms with Crippen LogP contribution in [0.15, 0.2) is 0 Å². The number of primary amides is 1. The van der Waals surface area contributed by atoms with Gasteiger partial charge in [0, 0.05) is 6.54 Å². The molecule has 1 heterocycles. The summed E-state index contributed by atoms with van der Waals surface area (Å²) in [5.41, 5.74) is 8.38. The number of hydrogen-bond donors (Lipinski definition) is 4. The van der Waals surface area contributed by atoms with Crippen molar-refractivity contribution in [2.45, 2.75) is 38.8 Å². The molecule has 2 atom stereocenters. The van der Waals surface area contributed by atoms with Gasteiger partial charge in [-0.15, -0.1) is 12.6 Å². The lowest BCUT2D eigenvalue weighted by atomic mass is 10.1. The Kier molecular flexibility index (Phi) is 6.44. The lowest BCUT2D eigenvalue weighted by Gasteiger charge is -2.29. The van der Waals surface area contributed by atoms with Gasteiger partial charge in [-0.25, -0.2) is 10.4 Å². The molecular formula is C12H22N4O3S. The molecule has 1 fully saturated rings. The maximum Gasteiger partial charge on any atom is 0.239 e. The van der Waals surface area contributed by atoms with Crippen molar-refractivity contribution in [1.82, 2.24) is 15.8 Å². The standard InChI is InChI=1S/C12H22N4O3S/c1-7(2)10(11(13)18)15-16-5-3-4-8(16)12(19)14-6-9(17)20/h7-8,10,15H,3-6H2,1-2H3,(H2,13,18)(H,14,19)(H,17,20)/t8-,10-/m0/s1. The Balaban J connectivity index is 2.62. The topological polar surface area (TPSA) is 105 Å². The predicted molar refractivity (Wildman–Crippen MR) is 77.7 cm³/mol. The maximum absolute atomic E-state index is 12.0. The fraction of sp³-hybridized carbons (Fsp3) is 0.750. The number of nitrogens with one attached hydrogen (secondary N) is 2. The number of carbonyl (C=O) groups is 3. The molecule has 0 radical (unpaired) electrons. The van der Waals surface area contributed by atoms with Gasteiger partial charge in [-0.05, 0) is 18.8 Å². The van der Waals surface area contributed by atoms with Crippen LogP contribution in [0.25, 0.3) is 0 Å². The number of hydrazine groups is 1. The molecule has 2 amide bonds. The summed E-state index contributed by atoms with van der Waals surface area (Å²) in [5.74, 6) is -0.670. The lowest BCUT2D eigenvalue weighted by Crippen LogP contribution is -2.57. The van der Waals surface area contributed by atoms with Gasteiger partial charge in [-0.2, -0.15) is 0 Å². The van der Waals surface area contributed by atoms with Crippen LogP contribution in [0.3, 0.4) is 0 Å². The van der Waals surface area contributed by atoms with Gasteiger partial charge in [0.15, 0.2) is 0 Å². The third kappa shape index (κ3) is 4.77. The quantitative estimate of drug-likeness (QED) is 0.453. The number of nitrogens with two attached hydrogens (primary N) is 1. The van der Waals surface area contributed by atoms with Crippen LogP contribution >= 0.6 is 12.6 Å². The summed E-state index contributed by atoms with van der Waals surface area (Å²) in [7, 11) is 0. The number of hydrogen-bond acceptors (Lipinski definition) is 5. The normalized spacial score (nSPS) is 20.9. The van der Waals surface area contributed by atoms with Crippen LogP contribution in [0.2, 0.25) is 0 Å². The van der Waals surface area contributed by atoms with Crippen LogP contribution < -0.4 is 16.5 Å². The smallest absolute Gasteiger partial charge is 0.239 e. The second-order valence-corrected chi connectivity index (χ2v) is 5.71. The summed E-state index contributed by atoms with van der Waals surface area (Å²) in [4.78, 5) is 34.1. The maximum atomic E-state index is 12.0. The minimum atomic E-state index is -0.519. The molecule has 0 aliphatic carbocycles. The van der Waals surface area contributed by atoms with Crippen LogP contribution in [0.1, 0.15) is 26.7 Å². The van der Waals surface area contributed by atoms with Gasteiger partial charge < -0.3 is 11.1 Å². The molecule has 1 saturated heterocycles. The van der Waals surface area contributed by atoms with Crippen LogP contribution in [0.4, 0.5) is 0 Å². The first kappa shape index (κ1) is 16.9. The summed E-state index contributed by atoms with van der Waals surface area (Å²) in [6.45, 7) is 4.32. The van der Waals surface area contributed by atoms with Gasteiger partial charge in [0.2, 0.25) is 16.9 Å². The van der Waals surface area contributed by atoms with E-state index in [1.54, 1.807) is 5.01 Å². The summed E-state index contributed by atoms with van der Waals surface area (Å²) in [5, 5.41) is 3.86. The molecule has 7 nitrogen and oxygen atoms in total. The minimum absolute atomic E-state index is 0.0239. The number of nitrogens with zero attached hydrogens (tertiary/aromatic N) is 1. The van der Waals surface area contributed by atoms with Gasteiger partial charge in [-0.3, -0.25) is 14.4 Å². The SMILES string of the molecule is CC(C)[C@H](NN1CCC[C@H]1C(=O)NCC(=O)S)C(N)=O. The Labute approximate surface area is 124 Å². The first-order chi connectivity index (χ1) is 9.32. The monoisotopic (exact) mass is 302 g/mol. The number of carbonyl (C=O) groups excluding carboxylic acids is 3. The summed E-state index contributed by atoms with van der Waals surface area (Å²) in [6, 6.07) is -0.918. The van der Waals surface area contributed by atoms with E-state index >= 15 is 0 Å². The fourth-order valence-corrected chi connectivity index (χ4v) is 2.27. The third-order valence-electron chi connectivity index (χ3n) is 3.25. The van der Waals surface area contributed by atoms with E-state index in [0.29, 0.717) is 13.0 Å². The molecule has 0 unspecified atom stereocenters. The van der Waals surface area contributed by atoms with Crippen molar-refractivity contribution in [3.8, 4) is 0 Å². The van der Waals surface area contributed by atoms with E-state index in [4.69, 9.17) is 5.73 Å². The highest BCUT2D eigenvalue weighted by atomic mass is 32.1. The molecule has 0 aromatic rings. The van der Waals surface area contributed by atoms with Crippen molar-refractivity contribution < 1.29 is 14.4 Å². The van der Waals surface area contributed by atoms with Gasteiger partial charge in [0.1, 0.15) is 12.1 Å². The van der Waals surface area contributed by atoms with Crippen LogP contribution in [-0.4, -0.2) is 47.1 Å². The Morgan fingerprint density at radius 2 is 2.05 bits per heavy atom. The molecule has 4 N–H and O–H groups in total. The zero-order valence-corrected chi connectivity index (χ0v) is 12.7. The first-order valence-electron chi connectivity index (χ1n) is 6.64. The van der Waals surface area contributed by atoms with Crippen LogP contribution in [0.5, 0.6) is 0 Å². The molecule has 8 heteroatoms. The Hall–Kier alpha value is -1.12. The number of thiol groups is 1. The van der Waals surface area contributed by atoms with Crippen molar-refractivity contribution in [1.29, 1.82) is 0 Å². The Morgan fingerprint density at radius 1 is 1.40 bits per heavy atom. The van der Waals surface area contributed by atoms with Crippen molar-refractivity contribution in [2.75, 3.05) is 13.1 Å². The van der Waals surface area contributed by atoms with E-state index in [0.717, 1.165) is 6.42 Å². The highest BCUT2D eigenvalue weighted by molar-refractivity contribution is 7.96. The second-order valence-electron chi connectivity index (χ2n) is 5.22. The average Bonchev–Trinajstić information content (AvgIpc) is 2.80. The van der Waals surface area contributed by atoms with Crippen molar-refractivity contribution in [3.63, 3.8) is 0 Å². The van der Waals surface area contributed by atoms with E-state index in [-0.39, 0.29) is 18.4 Å². The number of rotatable bonds is 7. The van der Waals surface area contributed by atoms with Crippen LogP contribution in [0, 0.1) is 5.92 Å². The van der Waals surface area contributed by atoms with E-state index < -0.39 is 23.1 Å². The molecular weight excluding hydrogens is 280 g/mol. The van der Waals surface area contributed by atoms with Gasteiger partial charge in [-0.1, -0.05) is 13.8 Å². The van der Waals surface area contributed by atoms with Gasteiger partial charge >= 0.3 is 0 Å². The molecule has 20 heavy (non-hydrogen) atoms. The molecule has 114 valence electrons. The highest BCUT2D eigenvalue weighted by Crippen LogP contribution is 2.16. The summed E-state index contributed by atoms with van der Waals surface area (Å²) < 4.78 is 0. The molecule has 0 aromatic carbocycles. The van der Waals surface area contributed by atoms with Crippen molar-refractivity contribution >= 4 is 29.6 Å². The number of amides is 2. The Morgan fingerprint density at radius 3 is 2.55 bits per heavy atom. The lowest BCUT2D eigenvalue weighted by molar-refractivity contribution is -0.130. The van der Waals surface area contributed by atoms with Crippen molar-refractivity contribution in [3.05, 3.63) is 0 Å². The largest absolute Gasteiger partial charge is 0.368 e. The van der Waals surface area contributed by atoms with E-state index in [9.17, 15) is 14.4 Å². The van der Waals surface area contributed by atoms with Crippen LogP contribution in [-0.2, 0) is 14.4 Å². The molecule has 0 spiro atoms. The average molecular weight is 302 g/mol. The molecule has 0 aromatic heterocycles. The van der Waals surface area contributed by atoms with E-state index in [1.165, 1.54) is 0 Å². The van der Waals surface area contributed by atoms with Gasteiger partial charge in [0.05, 0.1) is 6.54 Å². The van der Waals surface area contributed by atoms with Gasteiger partial charge in [0.25, 0.3) is 0 Å². The molecule has 1 rings (SSSR count). The van der Waals surface area contributed by atoms with E-state index in [2.05, 4.69) is 23.4 Å². The summed E-state index contributed by atoms with van der Waals surface area (Å²) >= 11 is 3.60. The third-order valence-corrected chi connectivity index (χ3v) is 3.41.